The number of hydrogen-bond acceptors (Lipinski definition) is 4. The third-order valence-electron chi connectivity index (χ3n) is 3.61. The van der Waals surface area contributed by atoms with Crippen LogP contribution in [0.25, 0.3) is 0 Å². The number of amides is 1. The lowest BCUT2D eigenvalue weighted by Crippen LogP contribution is -2.46. The SMILES string of the molecule is CCc1noc(CC)c1CC(=O)N[C@H]1CCCNC1.Cl. The van der Waals surface area contributed by atoms with Gasteiger partial charge in [-0.2, -0.15) is 0 Å². The summed E-state index contributed by atoms with van der Waals surface area (Å²) in [7, 11) is 0. The molecule has 1 aliphatic heterocycles. The number of aryl methyl sites for hydroxylation is 2. The third-order valence-corrected chi connectivity index (χ3v) is 3.61. The highest BCUT2D eigenvalue weighted by atomic mass is 35.5. The van der Waals surface area contributed by atoms with Crippen molar-refractivity contribution in [2.24, 2.45) is 0 Å². The number of piperidine rings is 1. The molecular weight excluding hydrogens is 278 g/mol. The molecule has 0 unspecified atom stereocenters. The van der Waals surface area contributed by atoms with Crippen LogP contribution in [0.15, 0.2) is 4.52 Å². The van der Waals surface area contributed by atoms with Gasteiger partial charge in [0.2, 0.25) is 5.91 Å². The van der Waals surface area contributed by atoms with Gasteiger partial charge in [0.15, 0.2) is 0 Å². The number of nitrogens with zero attached hydrogens (tertiary/aromatic N) is 1. The first-order valence-electron chi connectivity index (χ1n) is 7.21. The lowest BCUT2D eigenvalue weighted by atomic mass is 10.0. The van der Waals surface area contributed by atoms with E-state index in [-0.39, 0.29) is 24.4 Å². The first kappa shape index (κ1) is 17.0. The fourth-order valence-electron chi connectivity index (χ4n) is 2.55. The summed E-state index contributed by atoms with van der Waals surface area (Å²) in [6.07, 6.45) is 4.15. The standard InChI is InChI=1S/C14H23N3O2.ClH/c1-3-12-11(13(4-2)19-17-12)8-14(18)16-10-6-5-7-15-9-10;/h10,15H,3-9H2,1-2H3,(H,16,18);1H/t10-;/m0./s1. The Labute approximate surface area is 126 Å². The van der Waals surface area contributed by atoms with Gasteiger partial charge in [-0.3, -0.25) is 4.79 Å². The molecule has 114 valence electrons. The maximum Gasteiger partial charge on any atom is 0.224 e. The van der Waals surface area contributed by atoms with Gasteiger partial charge in [-0.1, -0.05) is 19.0 Å². The molecule has 2 rings (SSSR count). The number of rotatable bonds is 5. The molecule has 1 saturated heterocycles. The molecule has 0 radical (unpaired) electrons. The highest BCUT2D eigenvalue weighted by Gasteiger charge is 2.19. The van der Waals surface area contributed by atoms with Crippen molar-refractivity contribution < 1.29 is 9.32 Å². The molecule has 0 aliphatic carbocycles. The van der Waals surface area contributed by atoms with E-state index in [4.69, 9.17) is 4.52 Å². The molecule has 2 N–H and O–H groups in total. The van der Waals surface area contributed by atoms with E-state index in [0.717, 1.165) is 55.8 Å². The van der Waals surface area contributed by atoms with E-state index in [1.54, 1.807) is 0 Å². The lowest BCUT2D eigenvalue weighted by molar-refractivity contribution is -0.121. The van der Waals surface area contributed by atoms with Gasteiger partial charge >= 0.3 is 0 Å². The Hall–Kier alpha value is -1.07. The van der Waals surface area contributed by atoms with Gasteiger partial charge in [0.05, 0.1) is 12.1 Å². The monoisotopic (exact) mass is 301 g/mol. The van der Waals surface area contributed by atoms with E-state index in [0.29, 0.717) is 6.42 Å². The fraction of sp³-hybridized carbons (Fsp3) is 0.714. The molecule has 1 aromatic heterocycles. The fourth-order valence-corrected chi connectivity index (χ4v) is 2.55. The zero-order valence-corrected chi connectivity index (χ0v) is 13.0. The average molecular weight is 302 g/mol. The van der Waals surface area contributed by atoms with Crippen LogP contribution >= 0.6 is 12.4 Å². The van der Waals surface area contributed by atoms with E-state index < -0.39 is 0 Å². The van der Waals surface area contributed by atoms with Gasteiger partial charge in [-0.25, -0.2) is 0 Å². The van der Waals surface area contributed by atoms with Gasteiger partial charge < -0.3 is 15.2 Å². The second-order valence-electron chi connectivity index (χ2n) is 5.03. The van der Waals surface area contributed by atoms with Crippen molar-refractivity contribution in [2.45, 2.75) is 52.0 Å². The van der Waals surface area contributed by atoms with Crippen LogP contribution in [0.5, 0.6) is 0 Å². The molecule has 1 atom stereocenters. The van der Waals surface area contributed by atoms with Crippen molar-refractivity contribution in [1.29, 1.82) is 0 Å². The summed E-state index contributed by atoms with van der Waals surface area (Å²) in [5.41, 5.74) is 1.89. The van der Waals surface area contributed by atoms with E-state index in [1.807, 2.05) is 13.8 Å². The smallest absolute Gasteiger partial charge is 0.224 e. The molecule has 1 aliphatic rings. The molecule has 5 nitrogen and oxygen atoms in total. The molecule has 0 spiro atoms. The number of halogens is 1. The first-order valence-corrected chi connectivity index (χ1v) is 7.21. The number of nitrogens with one attached hydrogen (secondary N) is 2. The minimum atomic E-state index is 0. The number of carbonyl (C=O) groups excluding carboxylic acids is 1. The van der Waals surface area contributed by atoms with Crippen molar-refractivity contribution in [3.05, 3.63) is 17.0 Å². The van der Waals surface area contributed by atoms with Crippen LogP contribution in [0.4, 0.5) is 0 Å². The summed E-state index contributed by atoms with van der Waals surface area (Å²) in [5.74, 6) is 0.912. The van der Waals surface area contributed by atoms with Crippen LogP contribution in [-0.2, 0) is 24.1 Å². The van der Waals surface area contributed by atoms with Crippen LogP contribution in [0.1, 0.15) is 43.7 Å². The molecule has 2 heterocycles. The largest absolute Gasteiger partial charge is 0.361 e. The highest BCUT2D eigenvalue weighted by molar-refractivity contribution is 5.85. The Morgan fingerprint density at radius 2 is 2.25 bits per heavy atom. The summed E-state index contributed by atoms with van der Waals surface area (Å²) in [6.45, 7) is 5.98. The molecule has 0 bridgehead atoms. The molecule has 20 heavy (non-hydrogen) atoms. The Morgan fingerprint density at radius 3 is 2.85 bits per heavy atom. The van der Waals surface area contributed by atoms with Gasteiger partial charge in [-0.05, 0) is 25.8 Å². The predicted octanol–water partition coefficient (Wildman–Crippen LogP) is 1.63. The van der Waals surface area contributed by atoms with Gasteiger partial charge in [-0.15, -0.1) is 12.4 Å². The molecular formula is C14H24ClN3O2. The van der Waals surface area contributed by atoms with E-state index in [1.165, 1.54) is 0 Å². The van der Waals surface area contributed by atoms with Gasteiger partial charge in [0.25, 0.3) is 0 Å². The normalized spacial score (nSPS) is 18.4. The van der Waals surface area contributed by atoms with Crippen LogP contribution in [0.3, 0.4) is 0 Å². The number of aromatic nitrogens is 1. The second-order valence-corrected chi connectivity index (χ2v) is 5.03. The molecule has 1 fully saturated rings. The summed E-state index contributed by atoms with van der Waals surface area (Å²) in [4.78, 5) is 12.1. The summed E-state index contributed by atoms with van der Waals surface area (Å²) in [6, 6.07) is 0.260. The maximum absolute atomic E-state index is 12.1. The van der Waals surface area contributed by atoms with Gasteiger partial charge in [0, 0.05) is 24.6 Å². The van der Waals surface area contributed by atoms with Crippen LogP contribution in [0.2, 0.25) is 0 Å². The summed E-state index contributed by atoms with van der Waals surface area (Å²) < 4.78 is 5.28. The Morgan fingerprint density at radius 1 is 1.45 bits per heavy atom. The quantitative estimate of drug-likeness (QED) is 0.867. The third kappa shape index (κ3) is 4.21. The second kappa shape index (κ2) is 8.27. The molecule has 0 aromatic carbocycles. The van der Waals surface area contributed by atoms with Crippen LogP contribution in [-0.4, -0.2) is 30.2 Å². The number of carbonyl (C=O) groups is 1. The van der Waals surface area contributed by atoms with Crippen molar-refractivity contribution in [2.75, 3.05) is 13.1 Å². The summed E-state index contributed by atoms with van der Waals surface area (Å²) >= 11 is 0. The van der Waals surface area contributed by atoms with E-state index in [9.17, 15) is 4.79 Å². The Balaban J connectivity index is 0.00000200. The number of hydrogen-bond donors (Lipinski definition) is 2. The Bertz CT molecular complexity index is 407. The van der Waals surface area contributed by atoms with Gasteiger partial charge in [0.1, 0.15) is 5.76 Å². The zero-order valence-electron chi connectivity index (χ0n) is 12.2. The molecule has 6 heteroatoms. The molecule has 1 amide bonds. The first-order chi connectivity index (χ1) is 9.24. The highest BCUT2D eigenvalue weighted by Crippen LogP contribution is 2.16. The van der Waals surface area contributed by atoms with Crippen molar-refractivity contribution in [1.82, 2.24) is 15.8 Å². The van der Waals surface area contributed by atoms with Crippen molar-refractivity contribution in [3.8, 4) is 0 Å². The molecule has 0 saturated carbocycles. The zero-order chi connectivity index (χ0) is 13.7. The predicted molar refractivity (Wildman–Crippen MR) is 80.2 cm³/mol. The lowest BCUT2D eigenvalue weighted by Gasteiger charge is -2.23. The van der Waals surface area contributed by atoms with E-state index >= 15 is 0 Å². The van der Waals surface area contributed by atoms with E-state index in [2.05, 4.69) is 15.8 Å². The topological polar surface area (TPSA) is 67.2 Å². The average Bonchev–Trinajstić information content (AvgIpc) is 2.81. The molecule has 1 aromatic rings. The maximum atomic E-state index is 12.1. The van der Waals surface area contributed by atoms with Crippen LogP contribution < -0.4 is 10.6 Å². The van der Waals surface area contributed by atoms with Crippen LogP contribution in [0, 0.1) is 0 Å². The summed E-state index contributed by atoms with van der Waals surface area (Å²) in [5, 5.41) is 10.4. The van der Waals surface area contributed by atoms with Crippen molar-refractivity contribution >= 4 is 18.3 Å². The minimum absolute atomic E-state index is 0. The Kier molecular flexibility index (Phi) is 7.02. The minimum Gasteiger partial charge on any atom is -0.361 e. The van der Waals surface area contributed by atoms with Crippen molar-refractivity contribution in [3.63, 3.8) is 0 Å².